The standard InChI is InChI=1S/C16H27N3/c1-12-10-18-19(11-12)8-7-17-14-9-13-5-6-16(14,4)15(13,2)3/h10-11,13-14,17H,5-9H2,1-4H3. The molecule has 3 rings (SSSR count). The van der Waals surface area contributed by atoms with E-state index < -0.39 is 0 Å². The maximum atomic E-state index is 4.35. The quantitative estimate of drug-likeness (QED) is 0.903. The van der Waals surface area contributed by atoms with Crippen LogP contribution in [0.4, 0.5) is 0 Å². The minimum atomic E-state index is 0.484. The number of nitrogens with zero attached hydrogens (tertiary/aromatic N) is 2. The highest BCUT2D eigenvalue weighted by molar-refractivity contribution is 5.12. The fraction of sp³-hybridized carbons (Fsp3) is 0.812. The third-order valence-corrected chi connectivity index (χ3v) is 6.29. The molecule has 0 saturated heterocycles. The van der Waals surface area contributed by atoms with E-state index in [2.05, 4.69) is 44.3 Å². The van der Waals surface area contributed by atoms with Crippen molar-refractivity contribution in [3.05, 3.63) is 18.0 Å². The molecule has 1 aromatic heterocycles. The van der Waals surface area contributed by atoms with Crippen LogP contribution < -0.4 is 5.32 Å². The zero-order valence-electron chi connectivity index (χ0n) is 12.7. The molecule has 3 heteroatoms. The molecule has 0 radical (unpaired) electrons. The van der Waals surface area contributed by atoms with Crippen molar-refractivity contribution in [1.29, 1.82) is 0 Å². The number of nitrogens with one attached hydrogen (secondary N) is 1. The molecule has 0 amide bonds. The predicted molar refractivity (Wildman–Crippen MR) is 78.0 cm³/mol. The van der Waals surface area contributed by atoms with E-state index in [1.54, 1.807) is 0 Å². The maximum Gasteiger partial charge on any atom is 0.0534 e. The minimum Gasteiger partial charge on any atom is -0.312 e. The molecular weight excluding hydrogens is 234 g/mol. The Labute approximate surface area is 116 Å². The Morgan fingerprint density at radius 1 is 1.42 bits per heavy atom. The summed E-state index contributed by atoms with van der Waals surface area (Å²) in [5.74, 6) is 0.918. The summed E-state index contributed by atoms with van der Waals surface area (Å²) in [7, 11) is 0. The van der Waals surface area contributed by atoms with Crippen molar-refractivity contribution in [3.63, 3.8) is 0 Å². The average Bonchev–Trinajstić information content (AvgIpc) is 2.90. The van der Waals surface area contributed by atoms with Crippen molar-refractivity contribution in [2.24, 2.45) is 16.7 Å². The number of hydrogen-bond acceptors (Lipinski definition) is 2. The van der Waals surface area contributed by atoms with E-state index in [9.17, 15) is 0 Å². The Morgan fingerprint density at radius 3 is 2.74 bits per heavy atom. The smallest absolute Gasteiger partial charge is 0.0534 e. The number of rotatable bonds is 4. The van der Waals surface area contributed by atoms with Crippen LogP contribution in [0.5, 0.6) is 0 Å². The van der Waals surface area contributed by atoms with Crippen LogP contribution in [0, 0.1) is 23.7 Å². The first-order chi connectivity index (χ1) is 8.93. The third kappa shape index (κ3) is 1.94. The minimum absolute atomic E-state index is 0.484. The predicted octanol–water partition coefficient (Wildman–Crippen LogP) is 3.00. The molecule has 0 aliphatic heterocycles. The fourth-order valence-electron chi connectivity index (χ4n) is 4.45. The van der Waals surface area contributed by atoms with Gasteiger partial charge in [0.05, 0.1) is 12.7 Å². The largest absolute Gasteiger partial charge is 0.312 e. The van der Waals surface area contributed by atoms with E-state index in [1.165, 1.54) is 24.8 Å². The Hall–Kier alpha value is -0.830. The zero-order valence-corrected chi connectivity index (χ0v) is 12.7. The Balaban J connectivity index is 1.57. The molecule has 1 N–H and O–H groups in total. The number of fused-ring (bicyclic) bond motifs is 2. The first kappa shape index (κ1) is 13.2. The summed E-state index contributed by atoms with van der Waals surface area (Å²) in [5, 5.41) is 8.16. The molecule has 2 saturated carbocycles. The molecule has 2 aliphatic carbocycles. The maximum absolute atomic E-state index is 4.35. The normalized spacial score (nSPS) is 36.0. The first-order valence-electron chi connectivity index (χ1n) is 7.66. The topological polar surface area (TPSA) is 29.9 Å². The Morgan fingerprint density at radius 2 is 2.21 bits per heavy atom. The number of aryl methyl sites for hydroxylation is 1. The van der Waals surface area contributed by atoms with Gasteiger partial charge in [0.1, 0.15) is 0 Å². The van der Waals surface area contributed by atoms with Gasteiger partial charge in [0.15, 0.2) is 0 Å². The summed E-state index contributed by atoms with van der Waals surface area (Å²) in [6, 6.07) is 0.693. The van der Waals surface area contributed by atoms with Crippen LogP contribution in [0.1, 0.15) is 45.6 Å². The van der Waals surface area contributed by atoms with E-state index in [0.717, 1.165) is 19.0 Å². The van der Waals surface area contributed by atoms with Crippen LogP contribution in [0.3, 0.4) is 0 Å². The van der Waals surface area contributed by atoms with E-state index in [4.69, 9.17) is 0 Å². The molecule has 3 nitrogen and oxygen atoms in total. The average molecular weight is 261 g/mol. The highest BCUT2D eigenvalue weighted by Gasteiger charge is 2.60. The number of hydrogen-bond donors (Lipinski definition) is 1. The van der Waals surface area contributed by atoms with Crippen molar-refractivity contribution < 1.29 is 0 Å². The molecular formula is C16H27N3. The van der Waals surface area contributed by atoms with E-state index >= 15 is 0 Å². The van der Waals surface area contributed by atoms with E-state index in [1.807, 2.05) is 10.9 Å². The molecule has 1 heterocycles. The summed E-state index contributed by atoms with van der Waals surface area (Å²) >= 11 is 0. The molecule has 3 unspecified atom stereocenters. The van der Waals surface area contributed by atoms with Crippen LogP contribution in [-0.2, 0) is 6.54 Å². The molecule has 1 aromatic rings. The van der Waals surface area contributed by atoms with Crippen LogP contribution >= 0.6 is 0 Å². The van der Waals surface area contributed by atoms with Gasteiger partial charge in [-0.15, -0.1) is 0 Å². The van der Waals surface area contributed by atoms with Crippen molar-refractivity contribution in [2.75, 3.05) is 6.54 Å². The molecule has 2 aliphatic rings. The van der Waals surface area contributed by atoms with Gasteiger partial charge >= 0.3 is 0 Å². The molecule has 106 valence electrons. The molecule has 3 atom stereocenters. The summed E-state index contributed by atoms with van der Waals surface area (Å²) in [4.78, 5) is 0. The van der Waals surface area contributed by atoms with Gasteiger partial charge < -0.3 is 5.32 Å². The second kappa shape index (κ2) is 4.34. The van der Waals surface area contributed by atoms with Gasteiger partial charge in [-0.3, -0.25) is 4.68 Å². The first-order valence-corrected chi connectivity index (χ1v) is 7.66. The van der Waals surface area contributed by atoms with Crippen LogP contribution in [0.25, 0.3) is 0 Å². The van der Waals surface area contributed by atoms with Crippen LogP contribution in [0.2, 0.25) is 0 Å². The van der Waals surface area contributed by atoms with Gasteiger partial charge in [-0.25, -0.2) is 0 Å². The zero-order chi connectivity index (χ0) is 13.7. The third-order valence-electron chi connectivity index (χ3n) is 6.29. The summed E-state index contributed by atoms with van der Waals surface area (Å²) < 4.78 is 2.04. The lowest BCUT2D eigenvalue weighted by atomic mass is 9.69. The van der Waals surface area contributed by atoms with Gasteiger partial charge in [-0.2, -0.15) is 5.10 Å². The van der Waals surface area contributed by atoms with E-state index in [-0.39, 0.29) is 0 Å². The highest BCUT2D eigenvalue weighted by Crippen LogP contribution is 2.65. The second-order valence-corrected chi connectivity index (χ2v) is 7.40. The van der Waals surface area contributed by atoms with Crippen LogP contribution in [0.15, 0.2) is 12.4 Å². The van der Waals surface area contributed by atoms with Crippen molar-refractivity contribution in [3.8, 4) is 0 Å². The van der Waals surface area contributed by atoms with Gasteiger partial charge in [0.2, 0.25) is 0 Å². The summed E-state index contributed by atoms with van der Waals surface area (Å²) in [6.07, 6.45) is 8.24. The Kier molecular flexibility index (Phi) is 3.01. The van der Waals surface area contributed by atoms with Gasteiger partial charge in [0, 0.05) is 18.8 Å². The fourth-order valence-corrected chi connectivity index (χ4v) is 4.45. The van der Waals surface area contributed by atoms with Crippen molar-refractivity contribution in [2.45, 2.75) is 59.5 Å². The lowest BCUT2D eigenvalue weighted by molar-refractivity contribution is 0.120. The second-order valence-electron chi connectivity index (χ2n) is 7.40. The lowest BCUT2D eigenvalue weighted by Gasteiger charge is -2.39. The summed E-state index contributed by atoms with van der Waals surface area (Å²) in [5.41, 5.74) is 2.23. The monoisotopic (exact) mass is 261 g/mol. The van der Waals surface area contributed by atoms with E-state index in [0.29, 0.717) is 16.9 Å². The van der Waals surface area contributed by atoms with Crippen LogP contribution in [-0.4, -0.2) is 22.4 Å². The van der Waals surface area contributed by atoms with Gasteiger partial charge in [-0.05, 0) is 48.5 Å². The van der Waals surface area contributed by atoms with Crippen molar-refractivity contribution in [1.82, 2.24) is 15.1 Å². The van der Waals surface area contributed by atoms with Gasteiger partial charge in [-0.1, -0.05) is 20.8 Å². The molecule has 2 bridgehead atoms. The number of aromatic nitrogens is 2. The lowest BCUT2D eigenvalue weighted by Crippen LogP contribution is -2.45. The van der Waals surface area contributed by atoms with Gasteiger partial charge in [0.25, 0.3) is 0 Å². The molecule has 0 spiro atoms. The Bertz CT molecular complexity index is 462. The van der Waals surface area contributed by atoms with Crippen molar-refractivity contribution >= 4 is 0 Å². The highest BCUT2D eigenvalue weighted by atomic mass is 15.3. The summed E-state index contributed by atoms with van der Waals surface area (Å²) in [6.45, 7) is 11.5. The molecule has 2 fully saturated rings. The molecule has 19 heavy (non-hydrogen) atoms. The SMILES string of the molecule is Cc1cnn(CCNC2CC3CCC2(C)C3(C)C)c1. The molecule has 0 aromatic carbocycles.